The van der Waals surface area contributed by atoms with Crippen molar-refractivity contribution in [3.63, 3.8) is 0 Å². The number of amides is 2. The minimum absolute atomic E-state index is 0.178. The second-order valence-corrected chi connectivity index (χ2v) is 8.18. The Kier molecular flexibility index (Phi) is 6.82. The Labute approximate surface area is 186 Å². The molecule has 10 heteroatoms. The highest BCUT2D eigenvalue weighted by Crippen LogP contribution is 2.29. The lowest BCUT2D eigenvalue weighted by Crippen LogP contribution is -2.27. The van der Waals surface area contributed by atoms with Crippen molar-refractivity contribution in [3.8, 4) is 17.2 Å². The van der Waals surface area contributed by atoms with Gasteiger partial charge in [0.25, 0.3) is 5.91 Å². The van der Waals surface area contributed by atoms with E-state index in [2.05, 4.69) is 32.3 Å². The molecular formula is C22H27N7O3. The topological polar surface area (TPSA) is 138 Å². The maximum absolute atomic E-state index is 12.1. The highest BCUT2D eigenvalue weighted by Gasteiger charge is 2.24. The fourth-order valence-electron chi connectivity index (χ4n) is 3.10. The first-order valence-corrected chi connectivity index (χ1v) is 10.3. The van der Waals surface area contributed by atoms with Crippen LogP contribution in [0, 0.1) is 0 Å². The van der Waals surface area contributed by atoms with E-state index >= 15 is 0 Å². The number of hydrogen-bond acceptors (Lipinski definition) is 7. The van der Waals surface area contributed by atoms with Crippen LogP contribution in [0.2, 0.25) is 0 Å². The van der Waals surface area contributed by atoms with E-state index in [1.165, 1.54) is 17.1 Å². The monoisotopic (exact) mass is 437 g/mol. The van der Waals surface area contributed by atoms with E-state index in [0.29, 0.717) is 34.9 Å². The van der Waals surface area contributed by atoms with E-state index in [9.17, 15) is 9.59 Å². The Hall–Kier alpha value is -3.82. The van der Waals surface area contributed by atoms with Crippen LogP contribution in [0.1, 0.15) is 56.6 Å². The maximum Gasteiger partial charge on any atom is 0.412 e. The molecule has 3 N–H and O–H groups in total. The Morgan fingerprint density at radius 3 is 2.50 bits per heavy atom. The lowest BCUT2D eigenvalue weighted by molar-refractivity contribution is 0.0635. The minimum atomic E-state index is -0.622. The fraction of sp³-hybridized carbons (Fsp3) is 0.364. The molecule has 0 aromatic carbocycles. The predicted molar refractivity (Wildman–Crippen MR) is 119 cm³/mol. The molecule has 0 saturated heterocycles. The number of rotatable bonds is 7. The third kappa shape index (κ3) is 5.45. The Balaban J connectivity index is 2.03. The van der Waals surface area contributed by atoms with Gasteiger partial charge in [-0.05, 0) is 45.7 Å². The summed E-state index contributed by atoms with van der Waals surface area (Å²) in [5.41, 5.74) is 7.52. The number of nitrogens with one attached hydrogen (secondary N) is 1. The molecule has 0 radical (unpaired) electrons. The Morgan fingerprint density at radius 2 is 1.94 bits per heavy atom. The first-order chi connectivity index (χ1) is 15.2. The van der Waals surface area contributed by atoms with Crippen molar-refractivity contribution in [2.45, 2.75) is 52.6 Å². The van der Waals surface area contributed by atoms with Gasteiger partial charge in [-0.2, -0.15) is 5.10 Å². The number of pyridine rings is 1. The summed E-state index contributed by atoms with van der Waals surface area (Å²) in [5.74, 6) is -0.186. The van der Waals surface area contributed by atoms with Gasteiger partial charge in [0.15, 0.2) is 11.5 Å². The van der Waals surface area contributed by atoms with Crippen molar-refractivity contribution in [2.24, 2.45) is 5.73 Å². The number of primary amides is 1. The molecule has 168 valence electrons. The van der Waals surface area contributed by atoms with E-state index in [0.717, 1.165) is 12.8 Å². The summed E-state index contributed by atoms with van der Waals surface area (Å²) in [5, 5.41) is 7.08. The Morgan fingerprint density at radius 1 is 1.16 bits per heavy atom. The highest BCUT2D eigenvalue weighted by molar-refractivity contribution is 5.94. The molecule has 0 unspecified atom stereocenters. The molecule has 0 aliphatic rings. The number of ether oxygens (including phenoxy) is 1. The van der Waals surface area contributed by atoms with Crippen LogP contribution in [0.25, 0.3) is 17.2 Å². The molecule has 3 heterocycles. The zero-order valence-electron chi connectivity index (χ0n) is 18.6. The van der Waals surface area contributed by atoms with Crippen LogP contribution < -0.4 is 11.1 Å². The van der Waals surface area contributed by atoms with Crippen molar-refractivity contribution in [1.82, 2.24) is 24.7 Å². The second kappa shape index (κ2) is 9.54. The largest absolute Gasteiger partial charge is 0.444 e. The summed E-state index contributed by atoms with van der Waals surface area (Å²) in [6, 6.07) is 3.44. The fourth-order valence-corrected chi connectivity index (χ4v) is 3.10. The third-order valence-electron chi connectivity index (χ3n) is 4.42. The quantitative estimate of drug-likeness (QED) is 0.577. The molecule has 0 aliphatic carbocycles. The van der Waals surface area contributed by atoms with Gasteiger partial charge in [-0.3, -0.25) is 20.1 Å². The number of hydrogen-bond donors (Lipinski definition) is 2. The summed E-state index contributed by atoms with van der Waals surface area (Å²) in [6.07, 6.45) is 7.95. The predicted octanol–water partition coefficient (Wildman–Crippen LogP) is 3.51. The van der Waals surface area contributed by atoms with Crippen molar-refractivity contribution >= 4 is 17.7 Å². The van der Waals surface area contributed by atoms with Gasteiger partial charge in [-0.25, -0.2) is 14.5 Å². The number of carbonyl (C=O) groups excluding carboxylic acids is 2. The van der Waals surface area contributed by atoms with Crippen LogP contribution in [0.3, 0.4) is 0 Å². The van der Waals surface area contributed by atoms with Crippen molar-refractivity contribution < 1.29 is 14.3 Å². The van der Waals surface area contributed by atoms with E-state index < -0.39 is 17.6 Å². The normalized spacial score (nSPS) is 11.2. The van der Waals surface area contributed by atoms with Gasteiger partial charge in [-0.15, -0.1) is 0 Å². The summed E-state index contributed by atoms with van der Waals surface area (Å²) >= 11 is 0. The van der Waals surface area contributed by atoms with Crippen LogP contribution in [0.4, 0.5) is 10.5 Å². The number of nitrogens with two attached hydrogens (primary N) is 1. The summed E-state index contributed by atoms with van der Waals surface area (Å²) < 4.78 is 6.80. The molecule has 10 nitrogen and oxygen atoms in total. The third-order valence-corrected chi connectivity index (χ3v) is 4.42. The average Bonchev–Trinajstić information content (AvgIpc) is 3.12. The minimum Gasteiger partial charge on any atom is -0.444 e. The highest BCUT2D eigenvalue weighted by atomic mass is 16.6. The average molecular weight is 438 g/mol. The van der Waals surface area contributed by atoms with Gasteiger partial charge in [-0.1, -0.05) is 13.3 Å². The van der Waals surface area contributed by atoms with E-state index in [1.54, 1.807) is 45.3 Å². The zero-order valence-corrected chi connectivity index (χ0v) is 18.6. The molecule has 0 aliphatic heterocycles. The molecule has 0 saturated carbocycles. The first kappa shape index (κ1) is 22.9. The number of unbranched alkanes of at least 4 members (excludes halogenated alkanes) is 1. The van der Waals surface area contributed by atoms with Crippen molar-refractivity contribution in [2.75, 3.05) is 5.32 Å². The number of nitrogens with zero attached hydrogens (tertiary/aromatic N) is 5. The number of carbonyl (C=O) groups is 2. The molecule has 0 spiro atoms. The van der Waals surface area contributed by atoms with E-state index in [1.807, 2.05) is 0 Å². The van der Waals surface area contributed by atoms with Gasteiger partial charge < -0.3 is 10.5 Å². The Bertz CT molecular complexity index is 1090. The molecule has 0 atom stereocenters. The molecule has 3 aromatic heterocycles. The molecule has 2 amide bonds. The number of aromatic nitrogens is 5. The molecule has 32 heavy (non-hydrogen) atoms. The molecule has 3 rings (SSSR count). The van der Waals surface area contributed by atoms with Gasteiger partial charge >= 0.3 is 6.09 Å². The standard InChI is InChI=1S/C22H27N7O3/c1-5-6-7-15-18(20(23)30)28-29(17-13-24-10-11-25-17)19(15)16-9-8-14(12-26-16)27-21(31)32-22(2,3)4/h8-13H,5-7H2,1-4H3,(H2,23,30)(H,27,31). The SMILES string of the molecule is CCCCc1c(C(N)=O)nn(-c2cnccn2)c1-c1ccc(NC(=O)OC(C)(C)C)cn1. The van der Waals surface area contributed by atoms with Crippen LogP contribution >= 0.6 is 0 Å². The summed E-state index contributed by atoms with van der Waals surface area (Å²) in [4.78, 5) is 37.1. The van der Waals surface area contributed by atoms with E-state index in [-0.39, 0.29) is 5.69 Å². The second-order valence-electron chi connectivity index (χ2n) is 8.18. The van der Waals surface area contributed by atoms with Gasteiger partial charge in [0.1, 0.15) is 5.60 Å². The summed E-state index contributed by atoms with van der Waals surface area (Å²) in [7, 11) is 0. The van der Waals surface area contributed by atoms with Crippen LogP contribution in [-0.2, 0) is 11.2 Å². The van der Waals surface area contributed by atoms with Gasteiger partial charge in [0, 0.05) is 18.0 Å². The van der Waals surface area contributed by atoms with Crippen LogP contribution in [-0.4, -0.2) is 42.3 Å². The zero-order chi connectivity index (χ0) is 23.3. The first-order valence-electron chi connectivity index (χ1n) is 10.3. The van der Waals surface area contributed by atoms with Crippen molar-refractivity contribution in [3.05, 3.63) is 48.2 Å². The molecule has 3 aromatic rings. The molecule has 0 bridgehead atoms. The maximum atomic E-state index is 12.1. The molecule has 0 fully saturated rings. The lowest BCUT2D eigenvalue weighted by Gasteiger charge is -2.19. The van der Waals surface area contributed by atoms with Crippen molar-refractivity contribution in [1.29, 1.82) is 0 Å². The lowest BCUT2D eigenvalue weighted by atomic mass is 10.0. The van der Waals surface area contributed by atoms with Gasteiger partial charge in [0.05, 0.1) is 29.5 Å². The summed E-state index contributed by atoms with van der Waals surface area (Å²) in [6.45, 7) is 7.42. The van der Waals surface area contributed by atoms with E-state index in [4.69, 9.17) is 10.5 Å². The molecular weight excluding hydrogens is 410 g/mol. The van der Waals surface area contributed by atoms with Crippen LogP contribution in [0.5, 0.6) is 0 Å². The smallest absolute Gasteiger partial charge is 0.412 e. The van der Waals surface area contributed by atoms with Gasteiger partial charge in [0.2, 0.25) is 0 Å². The number of anilines is 1. The van der Waals surface area contributed by atoms with Crippen LogP contribution in [0.15, 0.2) is 36.9 Å².